The lowest BCUT2D eigenvalue weighted by molar-refractivity contribution is 0.0481. The van der Waals surface area contributed by atoms with E-state index in [1.54, 1.807) is 0 Å². The van der Waals surface area contributed by atoms with Gasteiger partial charge in [-0.25, -0.2) is 0 Å². The number of para-hydroxylation sites is 1. The second-order valence-corrected chi connectivity index (χ2v) is 7.80. The zero-order valence-electron chi connectivity index (χ0n) is 15.0. The number of Topliss-reactive ketones (excluding diaryl/α,β-unsaturated/α-hetero) is 1. The molecule has 0 N–H and O–H groups in total. The summed E-state index contributed by atoms with van der Waals surface area (Å²) >= 11 is 0. The smallest absolute Gasteiger partial charge is 0.187 e. The SMILES string of the molecule is CC1(C)Oc2ccccc2[C@@H]2C(=O)c3c(ccn3Cc3ccccc3)[C@@H]21. The number of nitrogens with zero attached hydrogens (tertiary/aromatic N) is 1. The molecule has 1 aliphatic carbocycles. The molecule has 5 rings (SSSR count). The van der Waals surface area contributed by atoms with E-state index >= 15 is 0 Å². The molecule has 2 atom stereocenters. The summed E-state index contributed by atoms with van der Waals surface area (Å²) in [5.74, 6) is 0.960. The Bertz CT molecular complexity index is 1000. The van der Waals surface area contributed by atoms with Crippen LogP contribution in [0, 0.1) is 0 Å². The van der Waals surface area contributed by atoms with Crippen LogP contribution in [0.4, 0.5) is 0 Å². The summed E-state index contributed by atoms with van der Waals surface area (Å²) in [6, 6.07) is 20.4. The number of fused-ring (bicyclic) bond motifs is 5. The van der Waals surface area contributed by atoms with E-state index in [0.717, 1.165) is 22.6 Å². The summed E-state index contributed by atoms with van der Waals surface area (Å²) in [7, 11) is 0. The van der Waals surface area contributed by atoms with E-state index in [-0.39, 0.29) is 17.6 Å². The maximum absolute atomic E-state index is 13.5. The van der Waals surface area contributed by atoms with E-state index in [4.69, 9.17) is 4.74 Å². The molecule has 0 bridgehead atoms. The number of hydrogen-bond acceptors (Lipinski definition) is 2. The lowest BCUT2D eigenvalue weighted by Gasteiger charge is -2.41. The van der Waals surface area contributed by atoms with Gasteiger partial charge in [0.1, 0.15) is 11.4 Å². The molecule has 0 fully saturated rings. The number of carbonyl (C=O) groups is 1. The number of hydrogen-bond donors (Lipinski definition) is 0. The van der Waals surface area contributed by atoms with Crippen LogP contribution in [0.3, 0.4) is 0 Å². The van der Waals surface area contributed by atoms with Crippen LogP contribution in [-0.4, -0.2) is 16.0 Å². The average molecular weight is 343 g/mol. The molecule has 130 valence electrons. The van der Waals surface area contributed by atoms with Crippen molar-refractivity contribution in [1.29, 1.82) is 0 Å². The van der Waals surface area contributed by atoms with E-state index in [1.165, 1.54) is 5.56 Å². The average Bonchev–Trinajstić information content (AvgIpc) is 3.16. The topological polar surface area (TPSA) is 31.2 Å². The third-order valence-electron chi connectivity index (χ3n) is 5.75. The van der Waals surface area contributed by atoms with E-state index in [9.17, 15) is 4.79 Å². The standard InChI is InChI=1S/C23H21NO2/c1-23(2)20-17-12-13-24(14-15-8-4-3-5-9-15)21(17)22(25)19(20)16-10-6-7-11-18(16)26-23/h3-13,19-20H,14H2,1-2H3/t19-,20-/m0/s1. The maximum Gasteiger partial charge on any atom is 0.187 e. The summed E-state index contributed by atoms with van der Waals surface area (Å²) in [5.41, 5.74) is 3.76. The highest BCUT2D eigenvalue weighted by Crippen LogP contribution is 2.56. The first kappa shape index (κ1) is 15.4. The van der Waals surface area contributed by atoms with Gasteiger partial charge in [0.2, 0.25) is 0 Å². The summed E-state index contributed by atoms with van der Waals surface area (Å²) in [6.45, 7) is 4.90. The number of carbonyl (C=O) groups excluding carboxylic acids is 1. The molecule has 3 heteroatoms. The van der Waals surface area contributed by atoms with Gasteiger partial charge >= 0.3 is 0 Å². The predicted octanol–water partition coefficient (Wildman–Crippen LogP) is 4.77. The molecule has 1 aromatic heterocycles. The number of benzene rings is 2. The van der Waals surface area contributed by atoms with Crippen molar-refractivity contribution >= 4 is 5.78 Å². The molecule has 26 heavy (non-hydrogen) atoms. The first-order valence-corrected chi connectivity index (χ1v) is 9.11. The number of ketones is 1. The van der Waals surface area contributed by atoms with Crippen molar-refractivity contribution < 1.29 is 9.53 Å². The van der Waals surface area contributed by atoms with Gasteiger partial charge in [-0.3, -0.25) is 4.79 Å². The molecule has 0 unspecified atom stereocenters. The maximum atomic E-state index is 13.5. The zero-order valence-corrected chi connectivity index (χ0v) is 15.0. The van der Waals surface area contributed by atoms with Crippen molar-refractivity contribution in [3.63, 3.8) is 0 Å². The van der Waals surface area contributed by atoms with E-state index in [1.807, 2.05) is 48.7 Å². The Kier molecular flexibility index (Phi) is 3.17. The van der Waals surface area contributed by atoms with E-state index < -0.39 is 5.60 Å². The second-order valence-electron chi connectivity index (χ2n) is 7.80. The quantitative estimate of drug-likeness (QED) is 0.671. The van der Waals surface area contributed by atoms with Crippen LogP contribution in [0.5, 0.6) is 5.75 Å². The van der Waals surface area contributed by atoms with Gasteiger partial charge in [0.15, 0.2) is 5.78 Å². The molecule has 3 nitrogen and oxygen atoms in total. The Labute approximate surface area is 153 Å². The van der Waals surface area contributed by atoms with Crippen LogP contribution < -0.4 is 4.74 Å². The molecule has 2 aliphatic rings. The van der Waals surface area contributed by atoms with Crippen molar-refractivity contribution in [2.45, 2.75) is 37.8 Å². The summed E-state index contributed by atoms with van der Waals surface area (Å²) in [5, 5.41) is 0. The Morgan fingerprint density at radius 3 is 2.50 bits per heavy atom. The van der Waals surface area contributed by atoms with Crippen molar-refractivity contribution in [3.05, 3.63) is 89.2 Å². The largest absolute Gasteiger partial charge is 0.487 e. The predicted molar refractivity (Wildman–Crippen MR) is 101 cm³/mol. The Balaban J connectivity index is 1.63. The fourth-order valence-electron chi connectivity index (χ4n) is 4.69. The van der Waals surface area contributed by atoms with Gasteiger partial charge in [-0.1, -0.05) is 48.5 Å². The fourth-order valence-corrected chi connectivity index (χ4v) is 4.69. The first-order chi connectivity index (χ1) is 12.6. The minimum Gasteiger partial charge on any atom is -0.487 e. The van der Waals surface area contributed by atoms with Gasteiger partial charge < -0.3 is 9.30 Å². The summed E-state index contributed by atoms with van der Waals surface area (Å²) < 4.78 is 8.41. The van der Waals surface area contributed by atoms with Gasteiger partial charge in [-0.15, -0.1) is 0 Å². The van der Waals surface area contributed by atoms with E-state index in [2.05, 4.69) is 36.6 Å². The van der Waals surface area contributed by atoms with Gasteiger partial charge in [-0.05, 0) is 37.1 Å². The minimum atomic E-state index is -0.418. The van der Waals surface area contributed by atoms with Crippen LogP contribution in [0.25, 0.3) is 0 Å². The first-order valence-electron chi connectivity index (χ1n) is 9.11. The van der Waals surface area contributed by atoms with Crippen LogP contribution in [0.15, 0.2) is 66.9 Å². The molecule has 0 saturated carbocycles. The molecule has 1 aliphatic heterocycles. The molecule has 0 saturated heterocycles. The Hall–Kier alpha value is -2.81. The Morgan fingerprint density at radius 2 is 1.69 bits per heavy atom. The van der Waals surface area contributed by atoms with E-state index in [0.29, 0.717) is 6.54 Å². The zero-order chi connectivity index (χ0) is 17.9. The second kappa shape index (κ2) is 5.34. The fraction of sp³-hybridized carbons (Fsp3) is 0.261. The molecule has 2 heterocycles. The molecule has 0 amide bonds. The lowest BCUT2D eigenvalue weighted by Crippen LogP contribution is -2.42. The van der Waals surface area contributed by atoms with Crippen molar-refractivity contribution in [2.75, 3.05) is 0 Å². The molecular formula is C23H21NO2. The van der Waals surface area contributed by atoms with Gasteiger partial charge in [0, 0.05) is 24.2 Å². The van der Waals surface area contributed by atoms with Crippen LogP contribution in [0.1, 0.15) is 52.9 Å². The van der Waals surface area contributed by atoms with Crippen LogP contribution in [-0.2, 0) is 6.54 Å². The van der Waals surface area contributed by atoms with Crippen molar-refractivity contribution in [3.8, 4) is 5.75 Å². The van der Waals surface area contributed by atoms with Crippen LogP contribution in [0.2, 0.25) is 0 Å². The highest BCUT2D eigenvalue weighted by molar-refractivity contribution is 6.06. The molecule has 2 aromatic carbocycles. The molecular weight excluding hydrogens is 322 g/mol. The highest BCUT2D eigenvalue weighted by atomic mass is 16.5. The van der Waals surface area contributed by atoms with Gasteiger partial charge in [0.05, 0.1) is 11.6 Å². The summed E-state index contributed by atoms with van der Waals surface area (Å²) in [6.07, 6.45) is 2.04. The number of rotatable bonds is 2. The normalized spacial score (nSPS) is 22.3. The summed E-state index contributed by atoms with van der Waals surface area (Å²) in [4.78, 5) is 13.5. The third kappa shape index (κ3) is 2.10. The molecule has 3 aromatic rings. The molecule has 0 radical (unpaired) electrons. The third-order valence-corrected chi connectivity index (χ3v) is 5.75. The van der Waals surface area contributed by atoms with Crippen LogP contribution >= 0.6 is 0 Å². The monoisotopic (exact) mass is 343 g/mol. The van der Waals surface area contributed by atoms with Crippen molar-refractivity contribution in [2.24, 2.45) is 0 Å². The number of aromatic nitrogens is 1. The minimum absolute atomic E-state index is 0.0527. The highest BCUT2D eigenvalue weighted by Gasteiger charge is 2.54. The van der Waals surface area contributed by atoms with Gasteiger partial charge in [0.25, 0.3) is 0 Å². The lowest BCUT2D eigenvalue weighted by atomic mass is 9.74. The Morgan fingerprint density at radius 1 is 0.962 bits per heavy atom. The molecule has 0 spiro atoms. The number of ether oxygens (including phenoxy) is 1. The van der Waals surface area contributed by atoms with Gasteiger partial charge in [-0.2, -0.15) is 0 Å². The van der Waals surface area contributed by atoms with Crippen molar-refractivity contribution in [1.82, 2.24) is 4.57 Å².